The molecule has 0 spiro atoms. The topological polar surface area (TPSA) is 71.1 Å². The molecule has 1 aromatic carbocycles. The number of hydrogen-bond acceptors (Lipinski definition) is 4. The Hall–Kier alpha value is -2.21. The molecule has 1 aromatic heterocycles. The first-order chi connectivity index (χ1) is 10.2. The third kappa shape index (κ3) is 4.13. The number of carbonyl (C=O) groups excluding carboxylic acids is 1. The number of H-pyrrole nitrogens is 1. The van der Waals surface area contributed by atoms with E-state index in [-0.39, 0.29) is 11.7 Å². The Balaban J connectivity index is 2.12. The smallest absolute Gasteiger partial charge is 0.293 e. The summed E-state index contributed by atoms with van der Waals surface area (Å²) >= 11 is 0. The third-order valence-electron chi connectivity index (χ3n) is 3.13. The molecule has 0 aliphatic rings. The van der Waals surface area contributed by atoms with Crippen LogP contribution in [-0.4, -0.2) is 46.2 Å². The van der Waals surface area contributed by atoms with Gasteiger partial charge in [0.1, 0.15) is 5.82 Å². The average Bonchev–Trinajstić information content (AvgIpc) is 3.00. The molecule has 6 heteroatoms. The first kappa shape index (κ1) is 15.2. The fourth-order valence-corrected chi connectivity index (χ4v) is 1.95. The molecule has 0 bridgehead atoms. The standard InChI is InChI=1S/C15H20N4O2/c1-3-13-16-14(18-17-13)15(20)19(9-10-21-2)11-12-7-5-4-6-8-12/h4-8H,3,9-11H2,1-2H3,(H,16,17,18). The van der Waals surface area contributed by atoms with E-state index in [9.17, 15) is 4.79 Å². The summed E-state index contributed by atoms with van der Waals surface area (Å²) in [6, 6.07) is 9.84. The number of nitrogens with one attached hydrogen (secondary N) is 1. The van der Waals surface area contributed by atoms with Gasteiger partial charge in [-0.05, 0) is 5.56 Å². The molecule has 0 aliphatic heterocycles. The van der Waals surface area contributed by atoms with Crippen LogP contribution >= 0.6 is 0 Å². The molecule has 6 nitrogen and oxygen atoms in total. The van der Waals surface area contributed by atoms with Crippen LogP contribution in [0.5, 0.6) is 0 Å². The summed E-state index contributed by atoms with van der Waals surface area (Å²) in [7, 11) is 1.62. The van der Waals surface area contributed by atoms with Gasteiger partial charge in [-0.2, -0.15) is 0 Å². The molecule has 1 heterocycles. The summed E-state index contributed by atoms with van der Waals surface area (Å²) in [5, 5.41) is 6.76. The molecule has 0 unspecified atom stereocenters. The number of carbonyl (C=O) groups is 1. The van der Waals surface area contributed by atoms with Gasteiger partial charge in [0.2, 0.25) is 5.82 Å². The largest absolute Gasteiger partial charge is 0.383 e. The molecular weight excluding hydrogens is 268 g/mol. The lowest BCUT2D eigenvalue weighted by atomic mass is 10.2. The van der Waals surface area contributed by atoms with Crippen molar-refractivity contribution in [1.29, 1.82) is 0 Å². The highest BCUT2D eigenvalue weighted by Crippen LogP contribution is 2.08. The van der Waals surface area contributed by atoms with Gasteiger partial charge in [0, 0.05) is 26.6 Å². The summed E-state index contributed by atoms with van der Waals surface area (Å²) in [6.45, 7) is 3.45. The second-order valence-corrected chi connectivity index (χ2v) is 4.66. The van der Waals surface area contributed by atoms with Crippen molar-refractivity contribution in [2.24, 2.45) is 0 Å². The Kier molecular flexibility index (Phi) is 5.45. The highest BCUT2D eigenvalue weighted by molar-refractivity contribution is 5.90. The van der Waals surface area contributed by atoms with Gasteiger partial charge < -0.3 is 9.64 Å². The van der Waals surface area contributed by atoms with Crippen LogP contribution in [0.4, 0.5) is 0 Å². The quantitative estimate of drug-likeness (QED) is 0.841. The van der Waals surface area contributed by atoms with Crippen LogP contribution in [0.3, 0.4) is 0 Å². The second-order valence-electron chi connectivity index (χ2n) is 4.66. The fraction of sp³-hybridized carbons (Fsp3) is 0.400. The summed E-state index contributed by atoms with van der Waals surface area (Å²) in [6.07, 6.45) is 0.719. The van der Waals surface area contributed by atoms with Gasteiger partial charge in [0.25, 0.3) is 5.91 Å². The number of benzene rings is 1. The number of amides is 1. The Morgan fingerprint density at radius 1 is 1.33 bits per heavy atom. The Morgan fingerprint density at radius 2 is 2.10 bits per heavy atom. The van der Waals surface area contributed by atoms with Crippen molar-refractivity contribution in [2.75, 3.05) is 20.3 Å². The third-order valence-corrected chi connectivity index (χ3v) is 3.13. The summed E-state index contributed by atoms with van der Waals surface area (Å²) < 4.78 is 5.08. The lowest BCUT2D eigenvalue weighted by molar-refractivity contribution is 0.0668. The number of methoxy groups -OCH3 is 1. The Morgan fingerprint density at radius 3 is 2.71 bits per heavy atom. The van der Waals surface area contributed by atoms with E-state index in [1.165, 1.54) is 0 Å². The van der Waals surface area contributed by atoms with Crippen LogP contribution in [0.15, 0.2) is 30.3 Å². The molecule has 112 valence electrons. The SMILES string of the molecule is CCc1nc(C(=O)N(CCOC)Cc2ccccc2)n[nH]1. The number of aromatic nitrogens is 3. The number of aryl methyl sites for hydroxylation is 1. The normalized spacial score (nSPS) is 10.6. The van der Waals surface area contributed by atoms with Gasteiger partial charge in [-0.1, -0.05) is 37.3 Å². The first-order valence-electron chi connectivity index (χ1n) is 6.98. The number of nitrogens with zero attached hydrogens (tertiary/aromatic N) is 3. The van der Waals surface area contributed by atoms with Crippen LogP contribution < -0.4 is 0 Å². The van der Waals surface area contributed by atoms with Gasteiger partial charge >= 0.3 is 0 Å². The van der Waals surface area contributed by atoms with Gasteiger partial charge in [0.15, 0.2) is 0 Å². The van der Waals surface area contributed by atoms with Crippen LogP contribution in [0, 0.1) is 0 Å². The first-order valence-corrected chi connectivity index (χ1v) is 6.98. The minimum Gasteiger partial charge on any atom is -0.383 e. The second kappa shape index (κ2) is 7.54. The van der Waals surface area contributed by atoms with Crippen LogP contribution in [0.1, 0.15) is 28.9 Å². The van der Waals surface area contributed by atoms with Crippen molar-refractivity contribution >= 4 is 5.91 Å². The summed E-state index contributed by atoms with van der Waals surface area (Å²) in [4.78, 5) is 18.4. The molecule has 0 fully saturated rings. The highest BCUT2D eigenvalue weighted by Gasteiger charge is 2.20. The van der Waals surface area contributed by atoms with Crippen LogP contribution in [0.25, 0.3) is 0 Å². The number of hydrogen-bond donors (Lipinski definition) is 1. The van der Waals surface area contributed by atoms with E-state index >= 15 is 0 Å². The zero-order chi connectivity index (χ0) is 15.1. The maximum Gasteiger partial charge on any atom is 0.293 e. The van der Waals surface area contributed by atoms with Crippen molar-refractivity contribution in [2.45, 2.75) is 19.9 Å². The lowest BCUT2D eigenvalue weighted by Gasteiger charge is -2.21. The monoisotopic (exact) mass is 288 g/mol. The number of ether oxygens (including phenoxy) is 1. The van der Waals surface area contributed by atoms with E-state index in [1.807, 2.05) is 37.3 Å². The molecule has 21 heavy (non-hydrogen) atoms. The van der Waals surface area contributed by atoms with Crippen molar-refractivity contribution in [3.63, 3.8) is 0 Å². The highest BCUT2D eigenvalue weighted by atomic mass is 16.5. The van der Waals surface area contributed by atoms with Crippen molar-refractivity contribution in [3.05, 3.63) is 47.5 Å². The van der Waals surface area contributed by atoms with Crippen molar-refractivity contribution in [1.82, 2.24) is 20.1 Å². The average molecular weight is 288 g/mol. The zero-order valence-electron chi connectivity index (χ0n) is 12.4. The summed E-state index contributed by atoms with van der Waals surface area (Å²) in [5.74, 6) is 0.732. The molecule has 0 saturated carbocycles. The molecule has 0 saturated heterocycles. The van der Waals surface area contributed by atoms with Gasteiger partial charge in [-0.25, -0.2) is 4.98 Å². The molecule has 0 aliphatic carbocycles. The minimum atomic E-state index is -0.188. The molecular formula is C15H20N4O2. The van der Waals surface area contributed by atoms with Crippen molar-refractivity contribution < 1.29 is 9.53 Å². The van der Waals surface area contributed by atoms with Crippen LogP contribution in [0.2, 0.25) is 0 Å². The molecule has 1 N–H and O–H groups in total. The summed E-state index contributed by atoms with van der Waals surface area (Å²) in [5.41, 5.74) is 1.06. The lowest BCUT2D eigenvalue weighted by Crippen LogP contribution is -2.34. The van der Waals surface area contributed by atoms with E-state index in [0.717, 1.165) is 12.0 Å². The fourth-order valence-electron chi connectivity index (χ4n) is 1.95. The van der Waals surface area contributed by atoms with E-state index in [0.29, 0.717) is 25.5 Å². The van der Waals surface area contributed by atoms with E-state index in [4.69, 9.17) is 4.74 Å². The van der Waals surface area contributed by atoms with Gasteiger partial charge in [-0.3, -0.25) is 9.89 Å². The van der Waals surface area contributed by atoms with E-state index in [2.05, 4.69) is 15.2 Å². The van der Waals surface area contributed by atoms with E-state index in [1.54, 1.807) is 12.0 Å². The van der Waals surface area contributed by atoms with Crippen molar-refractivity contribution in [3.8, 4) is 0 Å². The van der Waals surface area contributed by atoms with Gasteiger partial charge in [-0.15, -0.1) is 5.10 Å². The Bertz CT molecular complexity index is 568. The predicted molar refractivity (Wildman–Crippen MR) is 78.8 cm³/mol. The maximum absolute atomic E-state index is 12.5. The predicted octanol–water partition coefficient (Wildman–Crippen LogP) is 1.66. The zero-order valence-corrected chi connectivity index (χ0v) is 12.4. The maximum atomic E-state index is 12.5. The molecule has 2 aromatic rings. The van der Waals surface area contributed by atoms with Crippen LogP contribution in [-0.2, 0) is 17.7 Å². The molecule has 0 atom stereocenters. The number of aromatic amines is 1. The van der Waals surface area contributed by atoms with Gasteiger partial charge in [0.05, 0.1) is 6.61 Å². The Labute approximate surface area is 124 Å². The number of rotatable bonds is 7. The minimum absolute atomic E-state index is 0.188. The molecule has 1 amide bonds. The molecule has 2 rings (SSSR count). The molecule has 0 radical (unpaired) electrons. The van der Waals surface area contributed by atoms with E-state index < -0.39 is 0 Å².